The van der Waals surface area contributed by atoms with Crippen LogP contribution in [0.1, 0.15) is 30.5 Å². The number of hydrogen-bond acceptors (Lipinski definition) is 3. The van der Waals surface area contributed by atoms with Crippen molar-refractivity contribution in [2.45, 2.75) is 53.8 Å². The van der Waals surface area contributed by atoms with Gasteiger partial charge in [0.1, 0.15) is 5.58 Å². The van der Waals surface area contributed by atoms with Gasteiger partial charge in [0.25, 0.3) is 0 Å². The summed E-state index contributed by atoms with van der Waals surface area (Å²) in [5.74, 6) is 1.48. The van der Waals surface area contributed by atoms with E-state index in [2.05, 4.69) is 161 Å². The van der Waals surface area contributed by atoms with Gasteiger partial charge >= 0.3 is 0 Å². The topological polar surface area (TPSA) is 43.9 Å². The maximum Gasteiger partial charge on any atom is 0.120 e. The van der Waals surface area contributed by atoms with E-state index in [9.17, 15) is 0 Å². The Hall–Kier alpha value is -5.39. The van der Waals surface area contributed by atoms with E-state index in [4.69, 9.17) is 14.4 Å². The van der Waals surface area contributed by atoms with Gasteiger partial charge in [-0.1, -0.05) is 135 Å². The summed E-state index contributed by atoms with van der Waals surface area (Å²) in [6.07, 6.45) is 3.23. The Morgan fingerprint density at radius 1 is 0.719 bits per heavy atom. The summed E-state index contributed by atoms with van der Waals surface area (Å²) in [6.45, 7) is 16.1. The molecule has 0 unspecified atom stereocenters. The Bertz CT molecular complexity index is 2810. The minimum atomic E-state index is -1.40. The number of nitrogens with zero attached hydrogens (tertiary/aromatic N) is 3. The Kier molecular flexibility index (Phi) is 11.6. The zero-order valence-corrected chi connectivity index (χ0v) is 37.0. The van der Waals surface area contributed by atoms with Crippen LogP contribution in [0.5, 0.6) is 0 Å². The van der Waals surface area contributed by atoms with E-state index < -0.39 is 8.07 Å². The molecule has 0 saturated carbocycles. The van der Waals surface area contributed by atoms with Gasteiger partial charge in [-0.2, -0.15) is 0 Å². The summed E-state index contributed by atoms with van der Waals surface area (Å²) in [4.78, 5) is 9.86. The summed E-state index contributed by atoms with van der Waals surface area (Å²) in [5, 5.41) is 3.67. The van der Waals surface area contributed by atoms with E-state index in [0.717, 1.165) is 67.7 Å². The number of fused-ring (bicyclic) bond motifs is 4. The molecule has 9 rings (SSSR count). The summed E-state index contributed by atoms with van der Waals surface area (Å²) in [7, 11) is -1.40. The molecule has 3 aromatic heterocycles. The molecule has 0 N–H and O–H groups in total. The quantitative estimate of drug-likeness (QED) is 0.118. The number of aryl methyl sites for hydroxylation is 2. The second-order valence-electron chi connectivity index (χ2n) is 16.1. The second kappa shape index (κ2) is 16.6. The summed E-state index contributed by atoms with van der Waals surface area (Å²) in [6, 6.07) is 52.7. The molecular weight excluding hydrogens is 891 g/mol. The average molecular weight is 938 g/mol. The monoisotopic (exact) mass is 938 g/mol. The number of furan rings is 1. The summed E-state index contributed by atoms with van der Waals surface area (Å²) in [5.41, 5.74) is 14.2. The van der Waals surface area contributed by atoms with Crippen molar-refractivity contribution in [3.63, 3.8) is 0 Å². The molecule has 0 fully saturated rings. The van der Waals surface area contributed by atoms with Crippen LogP contribution in [0.25, 0.3) is 72.4 Å². The van der Waals surface area contributed by atoms with Gasteiger partial charge in [0.05, 0.1) is 30.5 Å². The Balaban J connectivity index is 0.000000173. The van der Waals surface area contributed by atoms with Crippen molar-refractivity contribution in [3.8, 4) is 39.5 Å². The maximum atomic E-state index is 6.30. The Morgan fingerprint density at radius 3 is 2.18 bits per heavy atom. The fraction of sp³-hybridized carbons (Fsp3) is 0.176. The minimum Gasteiger partial charge on any atom is -0.501 e. The van der Waals surface area contributed by atoms with Crippen LogP contribution in [0.2, 0.25) is 19.6 Å². The van der Waals surface area contributed by atoms with Gasteiger partial charge in [-0.3, -0.25) is 4.98 Å². The predicted molar refractivity (Wildman–Crippen MR) is 238 cm³/mol. The van der Waals surface area contributed by atoms with Crippen molar-refractivity contribution in [3.05, 3.63) is 168 Å². The van der Waals surface area contributed by atoms with Crippen LogP contribution in [0.15, 0.2) is 144 Å². The van der Waals surface area contributed by atoms with Crippen LogP contribution in [-0.2, 0) is 26.5 Å². The number of hydrogen-bond donors (Lipinski definition) is 0. The summed E-state index contributed by atoms with van der Waals surface area (Å²) >= 11 is 0. The normalized spacial score (nSPS) is 11.5. The first-order valence-electron chi connectivity index (χ1n) is 19.5. The van der Waals surface area contributed by atoms with Gasteiger partial charge in [0, 0.05) is 37.4 Å². The van der Waals surface area contributed by atoms with Crippen molar-refractivity contribution in [2.75, 3.05) is 0 Å². The van der Waals surface area contributed by atoms with Gasteiger partial charge < -0.3 is 14.0 Å². The zero-order chi connectivity index (χ0) is 39.0. The van der Waals surface area contributed by atoms with Crippen LogP contribution in [0.3, 0.4) is 0 Å². The van der Waals surface area contributed by atoms with Crippen molar-refractivity contribution >= 4 is 46.2 Å². The van der Waals surface area contributed by atoms with Gasteiger partial charge in [-0.15, -0.1) is 53.6 Å². The molecule has 287 valence electrons. The number of benzene rings is 6. The standard InChI is InChI=1S/C27H19N2O.C24H28NSi.Ir/c1-17-9-7-10-18(2)25(17)29-23-15-5-4-14-22(23)28-27(29)21-13-8-12-20-19-11-3-6-16-24(19)30-26(20)21;1-18(2)14-22-16-23(25-17-24(22)26(3,4)5)21-13-9-12-20(15-21)19-10-7-6-8-11-19;/h3-12,14-16H,1-2H3;6-12,15-18H,14H2,1-5H3;/q2*-1;. The van der Waals surface area contributed by atoms with Crippen LogP contribution in [-0.4, -0.2) is 22.6 Å². The summed E-state index contributed by atoms with van der Waals surface area (Å²) < 4.78 is 8.55. The number of rotatable bonds is 7. The molecule has 4 nitrogen and oxygen atoms in total. The molecule has 0 aliphatic carbocycles. The van der Waals surface area contributed by atoms with E-state index in [1.54, 1.807) is 0 Å². The van der Waals surface area contributed by atoms with Gasteiger partial charge in [-0.25, -0.2) is 0 Å². The fourth-order valence-electron chi connectivity index (χ4n) is 7.79. The molecule has 0 atom stereocenters. The Labute approximate surface area is 351 Å². The van der Waals surface area contributed by atoms with E-state index in [1.807, 2.05) is 42.5 Å². The second-order valence-corrected chi connectivity index (χ2v) is 21.2. The van der Waals surface area contributed by atoms with E-state index in [-0.39, 0.29) is 20.1 Å². The molecule has 6 heteroatoms. The number of imidazole rings is 1. The maximum absolute atomic E-state index is 6.30. The minimum absolute atomic E-state index is 0. The third-order valence-electron chi connectivity index (χ3n) is 10.4. The van der Waals surface area contributed by atoms with E-state index >= 15 is 0 Å². The van der Waals surface area contributed by atoms with Gasteiger partial charge in [-0.05, 0) is 72.0 Å². The van der Waals surface area contributed by atoms with Crippen molar-refractivity contribution in [1.29, 1.82) is 0 Å². The largest absolute Gasteiger partial charge is 0.501 e. The van der Waals surface area contributed by atoms with Crippen LogP contribution < -0.4 is 5.19 Å². The first-order valence-corrected chi connectivity index (χ1v) is 23.0. The van der Waals surface area contributed by atoms with Crippen LogP contribution in [0, 0.1) is 31.9 Å². The predicted octanol–water partition coefficient (Wildman–Crippen LogP) is 13.0. The molecule has 0 aliphatic heterocycles. The average Bonchev–Trinajstić information content (AvgIpc) is 3.77. The first-order chi connectivity index (χ1) is 27.1. The number of pyridine rings is 1. The van der Waals surface area contributed by atoms with E-state index in [1.165, 1.54) is 33.0 Å². The molecule has 0 spiro atoms. The fourth-order valence-corrected chi connectivity index (χ4v) is 9.38. The van der Waals surface area contributed by atoms with Crippen molar-refractivity contribution in [2.24, 2.45) is 5.92 Å². The van der Waals surface area contributed by atoms with Crippen LogP contribution >= 0.6 is 0 Å². The molecule has 1 radical (unpaired) electrons. The zero-order valence-electron chi connectivity index (χ0n) is 33.6. The molecule has 3 heterocycles. The van der Waals surface area contributed by atoms with Gasteiger partial charge in [0.2, 0.25) is 0 Å². The molecule has 0 bridgehead atoms. The van der Waals surface area contributed by atoms with E-state index in [0.29, 0.717) is 5.92 Å². The number of aromatic nitrogens is 3. The molecule has 6 aromatic carbocycles. The smallest absolute Gasteiger partial charge is 0.120 e. The molecule has 0 saturated heterocycles. The molecule has 57 heavy (non-hydrogen) atoms. The van der Waals surface area contributed by atoms with Crippen LogP contribution in [0.4, 0.5) is 0 Å². The molecular formula is C51H47IrN3OSi-2. The third-order valence-corrected chi connectivity index (χ3v) is 12.5. The van der Waals surface area contributed by atoms with Crippen molar-refractivity contribution in [1.82, 2.24) is 14.5 Å². The molecule has 9 aromatic rings. The third kappa shape index (κ3) is 8.08. The molecule has 0 aliphatic rings. The van der Waals surface area contributed by atoms with Gasteiger partial charge in [0.15, 0.2) is 0 Å². The SMILES string of the molecule is CC(C)Cc1cc(-c2[c-]ccc(-c3ccccc3)c2)ncc1[Si](C)(C)C.Cc1cccc(C)c1-n1c(-c2[c-]ccc3c2oc2ccccc23)nc2ccccc21.[Ir]. The molecule has 0 amide bonds. The first kappa shape index (κ1) is 39.8. The van der Waals surface area contributed by atoms with Crippen molar-refractivity contribution < 1.29 is 24.5 Å². The number of para-hydroxylation sites is 4. The Morgan fingerprint density at radius 2 is 1.42 bits per heavy atom.